The summed E-state index contributed by atoms with van der Waals surface area (Å²) in [5, 5.41) is 12.9. The second-order valence-electron chi connectivity index (χ2n) is 8.75. The summed E-state index contributed by atoms with van der Waals surface area (Å²) in [5.74, 6) is 2.26. The molecule has 1 aliphatic rings. The van der Waals surface area contributed by atoms with Gasteiger partial charge in [-0.25, -0.2) is 24.9 Å². The molecule has 1 aliphatic heterocycles. The van der Waals surface area contributed by atoms with E-state index in [1.165, 1.54) is 0 Å². The Morgan fingerprint density at radius 1 is 0.943 bits per heavy atom. The predicted molar refractivity (Wildman–Crippen MR) is 138 cm³/mol. The zero-order valence-corrected chi connectivity index (χ0v) is 20.8. The fraction of sp³-hybridized carbons (Fsp3) is 0.333. The first-order chi connectivity index (χ1) is 17.0. The number of thiazole rings is 1. The van der Waals surface area contributed by atoms with Crippen LogP contribution in [0.1, 0.15) is 25.2 Å². The van der Waals surface area contributed by atoms with Gasteiger partial charge >= 0.3 is 0 Å². The molecule has 11 heteroatoms. The Morgan fingerprint density at radius 3 is 2.51 bits per heavy atom. The molecular formula is C24H28N10S. The molecule has 4 aromatic heterocycles. The molecule has 0 amide bonds. The fourth-order valence-electron chi connectivity index (χ4n) is 4.17. The number of aromatic nitrogens is 6. The van der Waals surface area contributed by atoms with Crippen molar-refractivity contribution < 1.29 is 0 Å². The monoisotopic (exact) mass is 488 g/mol. The lowest BCUT2D eigenvalue weighted by atomic mass is 10.1. The molecule has 0 unspecified atom stereocenters. The quantitative estimate of drug-likeness (QED) is 0.355. The third-order valence-corrected chi connectivity index (χ3v) is 6.28. The predicted octanol–water partition coefficient (Wildman–Crippen LogP) is 3.76. The van der Waals surface area contributed by atoms with Crippen molar-refractivity contribution in [2.45, 2.75) is 39.4 Å². The first kappa shape index (κ1) is 23.2. The topological polar surface area (TPSA) is 117 Å². The van der Waals surface area contributed by atoms with Gasteiger partial charge in [0.05, 0.1) is 5.69 Å². The van der Waals surface area contributed by atoms with Crippen LogP contribution in [0.2, 0.25) is 0 Å². The molecular weight excluding hydrogens is 460 g/mol. The molecule has 0 aromatic carbocycles. The lowest BCUT2D eigenvalue weighted by molar-refractivity contribution is 0.165. The maximum absolute atomic E-state index is 4.73. The summed E-state index contributed by atoms with van der Waals surface area (Å²) in [6, 6.07) is 10.3. The van der Waals surface area contributed by atoms with E-state index < -0.39 is 0 Å². The summed E-state index contributed by atoms with van der Waals surface area (Å²) in [5.41, 5.74) is 2.69. The van der Waals surface area contributed by atoms with Gasteiger partial charge in [-0.15, -0.1) is 11.3 Å². The van der Waals surface area contributed by atoms with E-state index in [0.717, 1.165) is 41.8 Å². The van der Waals surface area contributed by atoms with E-state index in [-0.39, 0.29) is 0 Å². The highest BCUT2D eigenvalue weighted by atomic mass is 32.1. The summed E-state index contributed by atoms with van der Waals surface area (Å²) in [7, 11) is 0. The molecule has 180 valence electrons. The number of aryl methyl sites for hydroxylation is 1. The first-order valence-corrected chi connectivity index (χ1v) is 12.4. The van der Waals surface area contributed by atoms with Crippen LogP contribution in [-0.4, -0.2) is 60.0 Å². The average Bonchev–Trinajstić information content (AvgIpc) is 3.25. The third-order valence-electron chi connectivity index (χ3n) is 5.47. The van der Waals surface area contributed by atoms with Crippen molar-refractivity contribution in [1.82, 2.24) is 40.1 Å². The Kier molecular flexibility index (Phi) is 6.89. The molecule has 0 saturated carbocycles. The largest absolute Gasteiger partial charge is 0.325 e. The highest BCUT2D eigenvalue weighted by Crippen LogP contribution is 2.22. The van der Waals surface area contributed by atoms with Gasteiger partial charge in [-0.1, -0.05) is 6.07 Å². The van der Waals surface area contributed by atoms with Gasteiger partial charge in [-0.05, 0) is 45.0 Å². The fourth-order valence-corrected chi connectivity index (χ4v) is 4.87. The van der Waals surface area contributed by atoms with Crippen molar-refractivity contribution in [2.75, 3.05) is 23.7 Å². The normalized spacial score (nSPS) is 18.4. The molecule has 2 atom stereocenters. The minimum absolute atomic E-state index is 0.468. The standard InChI is InChI=1S/C24H28N10S/c1-15-5-4-6-19(28-15)22-25-9-7-20(31-22)30-21-8-10-26-23(32-21)33-24-29-18(14-35-24)13-34-11-16(2)27-17(3)12-34/h4-10,14,16-17,27H,11-13H2,1-3H3,(H2,25,26,29,30,31,32,33)/t16-,17+. The molecule has 0 spiro atoms. The molecule has 5 heterocycles. The van der Waals surface area contributed by atoms with Gasteiger partial charge < -0.3 is 10.6 Å². The molecule has 0 bridgehead atoms. The van der Waals surface area contributed by atoms with Gasteiger partial charge in [0.2, 0.25) is 5.95 Å². The van der Waals surface area contributed by atoms with E-state index in [0.29, 0.717) is 35.5 Å². The Bertz CT molecular complexity index is 1280. The van der Waals surface area contributed by atoms with Gasteiger partial charge in [0.1, 0.15) is 17.3 Å². The van der Waals surface area contributed by atoms with E-state index in [1.54, 1.807) is 35.9 Å². The van der Waals surface area contributed by atoms with Crippen molar-refractivity contribution >= 4 is 34.1 Å². The van der Waals surface area contributed by atoms with Gasteiger partial charge in [0.15, 0.2) is 11.0 Å². The zero-order chi connectivity index (χ0) is 24.2. The number of piperazine rings is 1. The zero-order valence-electron chi connectivity index (χ0n) is 19.9. The van der Waals surface area contributed by atoms with Crippen LogP contribution in [0.25, 0.3) is 11.5 Å². The molecule has 35 heavy (non-hydrogen) atoms. The molecule has 1 fully saturated rings. The van der Waals surface area contributed by atoms with E-state index in [9.17, 15) is 0 Å². The maximum atomic E-state index is 4.73. The summed E-state index contributed by atoms with van der Waals surface area (Å²) < 4.78 is 0. The Balaban J connectivity index is 1.24. The summed E-state index contributed by atoms with van der Waals surface area (Å²) in [6.45, 7) is 9.26. The lowest BCUT2D eigenvalue weighted by Gasteiger charge is -2.35. The first-order valence-electron chi connectivity index (χ1n) is 11.6. The SMILES string of the molecule is Cc1cccc(-c2nccc(Nc3ccnc(Nc4nc(CN5C[C@@H](C)N[C@@H](C)C5)cs4)n3)n2)n1. The second kappa shape index (κ2) is 10.4. The summed E-state index contributed by atoms with van der Waals surface area (Å²) in [6.07, 6.45) is 3.39. The molecule has 0 aliphatic carbocycles. The van der Waals surface area contributed by atoms with Gasteiger partial charge in [-0.3, -0.25) is 10.2 Å². The van der Waals surface area contributed by atoms with Gasteiger partial charge in [0.25, 0.3) is 0 Å². The number of pyridine rings is 1. The number of anilines is 4. The molecule has 3 N–H and O–H groups in total. The van der Waals surface area contributed by atoms with Crippen LogP contribution < -0.4 is 16.0 Å². The van der Waals surface area contributed by atoms with Crippen molar-refractivity contribution in [1.29, 1.82) is 0 Å². The van der Waals surface area contributed by atoms with E-state index in [2.05, 4.69) is 65.0 Å². The molecule has 1 saturated heterocycles. The van der Waals surface area contributed by atoms with E-state index in [4.69, 9.17) is 4.98 Å². The van der Waals surface area contributed by atoms with Crippen LogP contribution in [-0.2, 0) is 6.54 Å². The van der Waals surface area contributed by atoms with Crippen LogP contribution in [0, 0.1) is 6.92 Å². The van der Waals surface area contributed by atoms with Crippen LogP contribution >= 0.6 is 11.3 Å². The molecule has 4 aromatic rings. The van der Waals surface area contributed by atoms with Crippen LogP contribution in [0.4, 0.5) is 22.7 Å². The van der Waals surface area contributed by atoms with E-state index in [1.807, 2.05) is 25.1 Å². The highest BCUT2D eigenvalue weighted by Gasteiger charge is 2.21. The molecule has 0 radical (unpaired) electrons. The van der Waals surface area contributed by atoms with Crippen LogP contribution in [0.5, 0.6) is 0 Å². The minimum Gasteiger partial charge on any atom is -0.325 e. The number of rotatable bonds is 7. The Morgan fingerprint density at radius 2 is 1.71 bits per heavy atom. The van der Waals surface area contributed by atoms with Crippen LogP contribution in [0.15, 0.2) is 48.1 Å². The lowest BCUT2D eigenvalue weighted by Crippen LogP contribution is -2.53. The molecule has 10 nitrogen and oxygen atoms in total. The smallest absolute Gasteiger partial charge is 0.230 e. The van der Waals surface area contributed by atoms with E-state index >= 15 is 0 Å². The summed E-state index contributed by atoms with van der Waals surface area (Å²) >= 11 is 1.55. The second-order valence-corrected chi connectivity index (χ2v) is 9.61. The maximum Gasteiger partial charge on any atom is 0.230 e. The van der Waals surface area contributed by atoms with Crippen LogP contribution in [0.3, 0.4) is 0 Å². The number of hydrogen-bond acceptors (Lipinski definition) is 11. The minimum atomic E-state index is 0.468. The van der Waals surface area contributed by atoms with Crippen molar-refractivity contribution in [2.24, 2.45) is 0 Å². The number of nitrogens with one attached hydrogen (secondary N) is 3. The Hall–Kier alpha value is -3.54. The third kappa shape index (κ3) is 6.13. The molecule has 5 rings (SSSR count). The van der Waals surface area contributed by atoms with Crippen molar-refractivity contribution in [3.05, 3.63) is 59.5 Å². The summed E-state index contributed by atoms with van der Waals surface area (Å²) in [4.78, 5) is 29.5. The van der Waals surface area contributed by atoms with Gasteiger partial charge in [0, 0.05) is 55.2 Å². The van der Waals surface area contributed by atoms with Gasteiger partial charge in [-0.2, -0.15) is 4.98 Å². The Labute approximate surface area is 208 Å². The average molecular weight is 489 g/mol. The van der Waals surface area contributed by atoms with Crippen molar-refractivity contribution in [3.63, 3.8) is 0 Å². The number of nitrogens with zero attached hydrogens (tertiary/aromatic N) is 7. The van der Waals surface area contributed by atoms with Crippen molar-refractivity contribution in [3.8, 4) is 11.5 Å². The number of hydrogen-bond donors (Lipinski definition) is 3. The highest BCUT2D eigenvalue weighted by molar-refractivity contribution is 7.13.